The van der Waals surface area contributed by atoms with E-state index in [1.807, 2.05) is 30.5 Å². The lowest BCUT2D eigenvalue weighted by Crippen LogP contribution is -2.39. The lowest BCUT2D eigenvalue weighted by atomic mass is 9.94. The van der Waals surface area contributed by atoms with Gasteiger partial charge in [-0.2, -0.15) is 0 Å². The van der Waals surface area contributed by atoms with Crippen LogP contribution in [0.5, 0.6) is 0 Å². The fraction of sp³-hybridized carbons (Fsp3) is 0.353. The highest BCUT2D eigenvalue weighted by Crippen LogP contribution is 2.41. The van der Waals surface area contributed by atoms with Gasteiger partial charge in [0.1, 0.15) is 0 Å². The van der Waals surface area contributed by atoms with Gasteiger partial charge in [0.2, 0.25) is 5.91 Å². The lowest BCUT2D eigenvalue weighted by Gasteiger charge is -2.32. The second-order valence-electron chi connectivity index (χ2n) is 5.34. The molecule has 0 radical (unpaired) electrons. The Balaban J connectivity index is 2.10. The largest absolute Gasteiger partial charge is 0.463 e. The Hall–Kier alpha value is -1.73. The average molecular weight is 362 g/mol. The van der Waals surface area contributed by atoms with E-state index < -0.39 is 12.0 Å². The molecule has 0 bridgehead atoms. The Morgan fingerprint density at radius 2 is 2.12 bits per heavy atom. The van der Waals surface area contributed by atoms with Crippen LogP contribution < -0.4 is 0 Å². The average Bonchev–Trinajstić information content (AvgIpc) is 2.94. The quantitative estimate of drug-likeness (QED) is 0.608. The van der Waals surface area contributed by atoms with Crippen LogP contribution in [0.1, 0.15) is 25.5 Å². The zero-order chi connectivity index (χ0) is 17.3. The van der Waals surface area contributed by atoms with E-state index in [0.717, 1.165) is 10.5 Å². The molecule has 3 rings (SSSR count). The summed E-state index contributed by atoms with van der Waals surface area (Å²) >= 11 is 3.06. The van der Waals surface area contributed by atoms with Crippen LogP contribution in [-0.4, -0.2) is 40.6 Å². The minimum atomic E-state index is -0.477. The molecule has 0 unspecified atom stereocenters. The molecule has 1 amide bonds. The normalized spacial score (nSPS) is 20.1. The van der Waals surface area contributed by atoms with Crippen LogP contribution in [0, 0.1) is 0 Å². The summed E-state index contributed by atoms with van der Waals surface area (Å²) in [6.07, 6.45) is 2.01. The number of allylic oxidation sites excluding steroid dienone is 1. The smallest absolute Gasteiger partial charge is 0.338 e. The first kappa shape index (κ1) is 17.1. The molecule has 0 N–H and O–H groups in total. The maximum atomic E-state index is 12.5. The molecule has 2 aliphatic rings. The summed E-state index contributed by atoms with van der Waals surface area (Å²) in [6, 6.07) is 7.44. The monoisotopic (exact) mass is 362 g/mol. The van der Waals surface area contributed by atoms with Crippen molar-refractivity contribution in [3.8, 4) is 0 Å². The van der Waals surface area contributed by atoms with Gasteiger partial charge in [-0.05, 0) is 37.8 Å². The summed E-state index contributed by atoms with van der Waals surface area (Å²) in [5.74, 6) is -0.102. The number of hydrogen-bond acceptors (Lipinski definition) is 6. The third-order valence-corrected chi connectivity index (χ3v) is 5.59. The highest BCUT2D eigenvalue weighted by molar-refractivity contribution is 8.15. The third-order valence-electron chi connectivity index (χ3n) is 3.91. The van der Waals surface area contributed by atoms with E-state index in [1.165, 1.54) is 11.8 Å². The van der Waals surface area contributed by atoms with Crippen molar-refractivity contribution in [2.45, 2.75) is 24.8 Å². The summed E-state index contributed by atoms with van der Waals surface area (Å²) in [5.41, 5.74) is 1.94. The molecule has 5 nitrogen and oxygen atoms in total. The number of hydrogen-bond donors (Lipinski definition) is 0. The molecular weight excluding hydrogens is 344 g/mol. The first-order valence-corrected chi connectivity index (χ1v) is 9.83. The Bertz CT molecular complexity index is 741. The van der Waals surface area contributed by atoms with E-state index in [9.17, 15) is 9.59 Å². The second kappa shape index (κ2) is 7.03. The maximum absolute atomic E-state index is 12.5. The van der Waals surface area contributed by atoms with E-state index in [2.05, 4.69) is 4.99 Å². The van der Waals surface area contributed by atoms with Crippen molar-refractivity contribution in [3.63, 3.8) is 0 Å². The highest BCUT2D eigenvalue weighted by Gasteiger charge is 2.43. The van der Waals surface area contributed by atoms with Crippen LogP contribution in [0.25, 0.3) is 0 Å². The Kier molecular flexibility index (Phi) is 5.01. The van der Waals surface area contributed by atoms with Crippen LogP contribution in [0.3, 0.4) is 0 Å². The molecule has 2 heterocycles. The number of esters is 1. The number of fused-ring (bicyclic) bond motifs is 1. The van der Waals surface area contributed by atoms with Gasteiger partial charge in [0.05, 0.1) is 29.7 Å². The van der Waals surface area contributed by atoms with Crippen molar-refractivity contribution >= 4 is 40.6 Å². The summed E-state index contributed by atoms with van der Waals surface area (Å²) in [4.78, 5) is 32.1. The topological polar surface area (TPSA) is 59.0 Å². The number of nitrogens with zero attached hydrogens (tertiary/aromatic N) is 2. The first-order valence-electron chi connectivity index (χ1n) is 7.62. The van der Waals surface area contributed by atoms with Crippen LogP contribution in [0.15, 0.2) is 45.4 Å². The SMILES string of the molecule is CCOC(=O)C1=C(C)N=C2SCC(=O)N2[C@H]1c1ccc(SC)cc1. The Morgan fingerprint density at radius 3 is 2.75 bits per heavy atom. The molecule has 1 aromatic carbocycles. The van der Waals surface area contributed by atoms with E-state index in [4.69, 9.17) is 4.74 Å². The Labute approximate surface area is 149 Å². The van der Waals surface area contributed by atoms with Gasteiger partial charge in [-0.3, -0.25) is 9.69 Å². The lowest BCUT2D eigenvalue weighted by molar-refractivity contribution is -0.139. The number of benzene rings is 1. The number of ether oxygens (including phenoxy) is 1. The zero-order valence-corrected chi connectivity index (χ0v) is 15.4. The van der Waals surface area contributed by atoms with Gasteiger partial charge in [0.15, 0.2) is 5.17 Å². The second-order valence-corrected chi connectivity index (χ2v) is 7.16. The molecule has 0 spiro atoms. The number of carbonyl (C=O) groups excluding carboxylic acids is 2. The minimum Gasteiger partial charge on any atom is -0.463 e. The minimum absolute atomic E-state index is 0.0352. The summed E-state index contributed by atoms with van der Waals surface area (Å²) in [7, 11) is 0. The molecule has 1 fully saturated rings. The molecule has 126 valence electrons. The van der Waals surface area contributed by atoms with E-state index in [0.29, 0.717) is 22.2 Å². The van der Waals surface area contributed by atoms with E-state index in [1.54, 1.807) is 30.5 Å². The van der Waals surface area contributed by atoms with Gasteiger partial charge in [-0.15, -0.1) is 11.8 Å². The number of thioether (sulfide) groups is 2. The predicted molar refractivity (Wildman–Crippen MR) is 97.0 cm³/mol. The van der Waals surface area contributed by atoms with Crippen LogP contribution in [-0.2, 0) is 14.3 Å². The van der Waals surface area contributed by atoms with E-state index in [-0.39, 0.29) is 12.5 Å². The predicted octanol–water partition coefficient (Wildman–Crippen LogP) is 3.23. The van der Waals surface area contributed by atoms with Gasteiger partial charge < -0.3 is 4.74 Å². The maximum Gasteiger partial charge on any atom is 0.338 e. The van der Waals surface area contributed by atoms with Crippen molar-refractivity contribution in [1.29, 1.82) is 0 Å². The van der Waals surface area contributed by atoms with Gasteiger partial charge in [0, 0.05) is 4.90 Å². The molecule has 0 aliphatic carbocycles. The van der Waals surface area contributed by atoms with Crippen molar-refractivity contribution in [3.05, 3.63) is 41.1 Å². The van der Waals surface area contributed by atoms with Crippen LogP contribution in [0.4, 0.5) is 0 Å². The van der Waals surface area contributed by atoms with Crippen molar-refractivity contribution in [1.82, 2.24) is 4.90 Å². The highest BCUT2D eigenvalue weighted by atomic mass is 32.2. The number of rotatable bonds is 4. The van der Waals surface area contributed by atoms with Crippen molar-refractivity contribution < 1.29 is 14.3 Å². The molecule has 0 aromatic heterocycles. The van der Waals surface area contributed by atoms with Gasteiger partial charge >= 0.3 is 5.97 Å². The molecule has 1 aromatic rings. The molecule has 7 heteroatoms. The number of carbonyl (C=O) groups is 2. The van der Waals surface area contributed by atoms with E-state index >= 15 is 0 Å². The Morgan fingerprint density at radius 1 is 1.42 bits per heavy atom. The summed E-state index contributed by atoms with van der Waals surface area (Å²) < 4.78 is 5.22. The summed E-state index contributed by atoms with van der Waals surface area (Å²) in [5, 5.41) is 0.657. The molecule has 0 saturated carbocycles. The van der Waals surface area contributed by atoms with Gasteiger partial charge in [-0.25, -0.2) is 9.79 Å². The summed E-state index contributed by atoms with van der Waals surface area (Å²) in [6.45, 7) is 3.85. The van der Waals surface area contributed by atoms with Crippen molar-refractivity contribution in [2.75, 3.05) is 18.6 Å². The fourth-order valence-corrected chi connectivity index (χ4v) is 4.16. The van der Waals surface area contributed by atoms with Crippen molar-refractivity contribution in [2.24, 2.45) is 4.99 Å². The number of amides is 1. The number of amidine groups is 1. The van der Waals surface area contributed by atoms with Crippen LogP contribution >= 0.6 is 23.5 Å². The zero-order valence-electron chi connectivity index (χ0n) is 13.7. The molecule has 24 heavy (non-hydrogen) atoms. The van der Waals surface area contributed by atoms with Gasteiger partial charge in [0.25, 0.3) is 0 Å². The van der Waals surface area contributed by atoms with Crippen LogP contribution in [0.2, 0.25) is 0 Å². The standard InChI is InChI=1S/C17H18N2O3S2/c1-4-22-16(21)14-10(2)18-17-19(13(20)9-24-17)15(14)11-5-7-12(23-3)8-6-11/h5-8,15H,4,9H2,1-3H3/t15-/m0/s1. The molecule has 1 atom stereocenters. The number of aliphatic imine (C=N–C) groups is 1. The molecule has 1 saturated heterocycles. The van der Waals surface area contributed by atoms with Gasteiger partial charge in [-0.1, -0.05) is 23.9 Å². The fourth-order valence-electron chi connectivity index (χ4n) is 2.81. The molecular formula is C17H18N2O3S2. The third kappa shape index (κ3) is 2.98. The molecule has 2 aliphatic heterocycles. The first-order chi connectivity index (χ1) is 11.6.